The number of ketones is 1. The van der Waals surface area contributed by atoms with Crippen molar-refractivity contribution >= 4 is 23.4 Å². The molecule has 1 aliphatic heterocycles. The second kappa shape index (κ2) is 7.68. The predicted octanol–water partition coefficient (Wildman–Crippen LogP) is 3.48. The van der Waals surface area contributed by atoms with Gasteiger partial charge in [0.2, 0.25) is 0 Å². The Morgan fingerprint density at radius 1 is 1.22 bits per heavy atom. The van der Waals surface area contributed by atoms with Gasteiger partial charge in [0.05, 0.1) is 11.5 Å². The molecule has 0 bridgehead atoms. The summed E-state index contributed by atoms with van der Waals surface area (Å²) in [6, 6.07) is 3.76. The number of nitrogens with zero attached hydrogens (tertiary/aromatic N) is 2. The number of thioether (sulfide) groups is 1. The molecule has 0 fully saturated rings. The molecular formula is C20H22N4O2S. The van der Waals surface area contributed by atoms with Gasteiger partial charge in [-0.1, -0.05) is 31.2 Å². The van der Waals surface area contributed by atoms with Gasteiger partial charge < -0.3 is 10.3 Å². The van der Waals surface area contributed by atoms with Gasteiger partial charge in [-0.25, -0.2) is 4.98 Å². The Balaban J connectivity index is 1.83. The first kappa shape index (κ1) is 18.0. The standard InChI is InChI=1S/C20H22N4O2S/c1-2-3-11-27-20-23-18-17(19(26)24-20)15(12-7-9-21-10-8-12)16-13(22-18)5-4-6-14(16)25/h5,7-10,15-16H,2-4,6,11H2,1H3,(H2,22,23,24,26)/t15-,16-/m1/s1. The average molecular weight is 382 g/mol. The van der Waals surface area contributed by atoms with Gasteiger partial charge in [-0.05, 0) is 30.5 Å². The summed E-state index contributed by atoms with van der Waals surface area (Å²) in [6.07, 6.45) is 8.85. The number of pyridine rings is 1. The van der Waals surface area contributed by atoms with Gasteiger partial charge >= 0.3 is 0 Å². The second-order valence-corrected chi connectivity index (χ2v) is 7.94. The number of fused-ring (bicyclic) bond motifs is 2. The maximum absolute atomic E-state index is 13.0. The van der Waals surface area contributed by atoms with Crippen LogP contribution in [0.5, 0.6) is 0 Å². The van der Waals surface area contributed by atoms with Crippen molar-refractivity contribution in [2.75, 3.05) is 11.1 Å². The Kier molecular flexibility index (Phi) is 5.11. The number of H-pyrrole nitrogens is 1. The summed E-state index contributed by atoms with van der Waals surface area (Å²) >= 11 is 1.56. The average Bonchev–Trinajstić information content (AvgIpc) is 2.67. The SMILES string of the molecule is CCCCSc1nc2c(c(=O)[nH]1)[C@H](c1ccncc1)[C@H]1C(=O)CCC=C1N2. The van der Waals surface area contributed by atoms with Crippen molar-refractivity contribution in [2.24, 2.45) is 5.92 Å². The molecule has 2 aliphatic rings. The zero-order chi connectivity index (χ0) is 18.8. The van der Waals surface area contributed by atoms with Crippen molar-refractivity contribution in [3.05, 3.63) is 57.8 Å². The van der Waals surface area contributed by atoms with E-state index in [4.69, 9.17) is 0 Å². The maximum atomic E-state index is 13.0. The monoisotopic (exact) mass is 382 g/mol. The fraction of sp³-hybridized carbons (Fsp3) is 0.400. The Morgan fingerprint density at radius 3 is 2.81 bits per heavy atom. The third-order valence-electron chi connectivity index (χ3n) is 5.08. The number of allylic oxidation sites excluding steroid dienone is 2. The summed E-state index contributed by atoms with van der Waals surface area (Å²) < 4.78 is 0. The van der Waals surface area contributed by atoms with Crippen LogP contribution in [0.25, 0.3) is 0 Å². The smallest absolute Gasteiger partial charge is 0.257 e. The third-order valence-corrected chi connectivity index (χ3v) is 6.04. The topological polar surface area (TPSA) is 87.7 Å². The molecule has 0 aromatic carbocycles. The van der Waals surface area contributed by atoms with Crippen LogP contribution in [-0.2, 0) is 4.79 Å². The van der Waals surface area contributed by atoms with Gasteiger partial charge in [0.25, 0.3) is 5.56 Å². The molecule has 6 nitrogen and oxygen atoms in total. The van der Waals surface area contributed by atoms with Crippen molar-refractivity contribution < 1.29 is 4.79 Å². The number of hydrogen-bond acceptors (Lipinski definition) is 6. The minimum absolute atomic E-state index is 0.160. The van der Waals surface area contributed by atoms with Crippen LogP contribution in [0, 0.1) is 5.92 Å². The Labute approximate surface area is 161 Å². The Hall–Kier alpha value is -2.41. The van der Waals surface area contributed by atoms with E-state index in [1.165, 1.54) is 0 Å². The number of unbranched alkanes of at least 4 members (excludes halogenated alkanes) is 1. The number of Topliss-reactive ketones (excluding diaryl/α,β-unsaturated/α-hetero) is 1. The van der Waals surface area contributed by atoms with Gasteiger partial charge in [-0.15, -0.1) is 0 Å². The van der Waals surface area contributed by atoms with E-state index < -0.39 is 0 Å². The molecule has 3 heterocycles. The maximum Gasteiger partial charge on any atom is 0.257 e. The van der Waals surface area contributed by atoms with Crippen LogP contribution in [0.1, 0.15) is 49.7 Å². The number of anilines is 1. The summed E-state index contributed by atoms with van der Waals surface area (Å²) in [5, 5.41) is 3.90. The first-order valence-electron chi connectivity index (χ1n) is 9.35. The van der Waals surface area contributed by atoms with Crippen LogP contribution in [0.2, 0.25) is 0 Å². The summed E-state index contributed by atoms with van der Waals surface area (Å²) in [5.74, 6) is 0.935. The van der Waals surface area contributed by atoms with Crippen molar-refractivity contribution in [3.8, 4) is 0 Å². The minimum Gasteiger partial charge on any atom is -0.343 e. The number of carbonyl (C=O) groups is 1. The highest BCUT2D eigenvalue weighted by Gasteiger charge is 2.42. The molecular weight excluding hydrogens is 360 g/mol. The van der Waals surface area contributed by atoms with Gasteiger partial charge in [-0.3, -0.25) is 14.6 Å². The summed E-state index contributed by atoms with van der Waals surface area (Å²) in [6.45, 7) is 2.14. The highest BCUT2D eigenvalue weighted by molar-refractivity contribution is 7.99. The van der Waals surface area contributed by atoms with Gasteiger partial charge in [0.1, 0.15) is 11.6 Å². The van der Waals surface area contributed by atoms with Gasteiger partial charge in [-0.2, -0.15) is 0 Å². The summed E-state index contributed by atoms with van der Waals surface area (Å²) in [7, 11) is 0. The molecule has 0 radical (unpaired) electrons. The zero-order valence-corrected chi connectivity index (χ0v) is 16.0. The molecule has 2 aromatic rings. The lowest BCUT2D eigenvalue weighted by atomic mass is 9.72. The van der Waals surface area contributed by atoms with Crippen molar-refractivity contribution in [1.29, 1.82) is 0 Å². The number of nitrogens with one attached hydrogen (secondary N) is 2. The van der Waals surface area contributed by atoms with E-state index >= 15 is 0 Å². The molecule has 0 amide bonds. The van der Waals surface area contributed by atoms with Crippen molar-refractivity contribution in [2.45, 2.75) is 43.7 Å². The van der Waals surface area contributed by atoms with Gasteiger partial charge in [0, 0.05) is 36.2 Å². The first-order chi connectivity index (χ1) is 13.2. The number of aromatic amines is 1. The van der Waals surface area contributed by atoms with Crippen molar-refractivity contribution in [3.63, 3.8) is 0 Å². The number of hydrogen-bond donors (Lipinski definition) is 2. The molecule has 2 aromatic heterocycles. The van der Waals surface area contributed by atoms with Crippen LogP contribution in [0.15, 0.2) is 46.3 Å². The first-order valence-corrected chi connectivity index (χ1v) is 10.3. The molecule has 2 N–H and O–H groups in total. The van der Waals surface area contributed by atoms with Gasteiger partial charge in [0.15, 0.2) is 5.16 Å². The molecule has 4 rings (SSSR count). The largest absolute Gasteiger partial charge is 0.343 e. The Bertz CT molecular complexity index is 939. The quantitative estimate of drug-likeness (QED) is 0.468. The molecule has 27 heavy (non-hydrogen) atoms. The van der Waals surface area contributed by atoms with Crippen LogP contribution >= 0.6 is 11.8 Å². The molecule has 0 spiro atoms. The third kappa shape index (κ3) is 3.43. The normalized spacial score (nSPS) is 21.1. The van der Waals surface area contributed by atoms with Crippen LogP contribution in [0.3, 0.4) is 0 Å². The fourth-order valence-electron chi connectivity index (χ4n) is 3.78. The molecule has 0 saturated heterocycles. The van der Waals surface area contributed by atoms with E-state index in [9.17, 15) is 9.59 Å². The van der Waals surface area contributed by atoms with E-state index in [1.807, 2.05) is 12.1 Å². The van der Waals surface area contributed by atoms with Crippen LogP contribution in [-0.4, -0.2) is 26.5 Å². The minimum atomic E-state index is -0.366. The molecule has 7 heteroatoms. The lowest BCUT2D eigenvalue weighted by Gasteiger charge is -2.36. The van der Waals surface area contributed by atoms with E-state index in [0.717, 1.165) is 36.3 Å². The van der Waals surface area contributed by atoms with E-state index in [1.54, 1.807) is 24.2 Å². The highest BCUT2D eigenvalue weighted by atomic mass is 32.2. The van der Waals surface area contributed by atoms with Crippen LogP contribution in [0.4, 0.5) is 5.82 Å². The highest BCUT2D eigenvalue weighted by Crippen LogP contribution is 2.44. The molecule has 0 saturated carbocycles. The molecule has 1 aliphatic carbocycles. The molecule has 2 atom stereocenters. The number of carbonyl (C=O) groups excluding carboxylic acids is 1. The zero-order valence-electron chi connectivity index (χ0n) is 15.2. The van der Waals surface area contributed by atoms with E-state index in [2.05, 4.69) is 33.3 Å². The van der Waals surface area contributed by atoms with Crippen LogP contribution < -0.4 is 10.9 Å². The van der Waals surface area contributed by atoms with E-state index in [-0.39, 0.29) is 23.2 Å². The lowest BCUT2D eigenvalue weighted by molar-refractivity contribution is -0.122. The van der Waals surface area contributed by atoms with Crippen molar-refractivity contribution in [1.82, 2.24) is 15.0 Å². The summed E-state index contributed by atoms with van der Waals surface area (Å²) in [4.78, 5) is 37.4. The number of aromatic nitrogens is 3. The fourth-order valence-corrected chi connectivity index (χ4v) is 4.73. The number of rotatable bonds is 5. The Morgan fingerprint density at radius 2 is 2.04 bits per heavy atom. The van der Waals surface area contributed by atoms with E-state index in [0.29, 0.717) is 23.0 Å². The lowest BCUT2D eigenvalue weighted by Crippen LogP contribution is -2.38. The second-order valence-electron chi connectivity index (χ2n) is 6.86. The molecule has 0 unspecified atom stereocenters. The summed E-state index contributed by atoms with van der Waals surface area (Å²) in [5.41, 5.74) is 2.14. The predicted molar refractivity (Wildman–Crippen MR) is 106 cm³/mol. The molecule has 140 valence electrons.